The fourth-order valence-electron chi connectivity index (χ4n) is 2.77. The van der Waals surface area contributed by atoms with Gasteiger partial charge in [-0.2, -0.15) is 0 Å². The van der Waals surface area contributed by atoms with Crippen LogP contribution in [0.15, 0.2) is 24.3 Å². The number of hydrogen-bond donors (Lipinski definition) is 1. The molecule has 1 aliphatic rings. The number of benzene rings is 1. The van der Waals surface area contributed by atoms with Gasteiger partial charge in [-0.3, -0.25) is 14.5 Å². The molecule has 0 aromatic heterocycles. The average molecular weight is 303 g/mol. The van der Waals surface area contributed by atoms with Crippen molar-refractivity contribution in [3.05, 3.63) is 24.3 Å². The molecule has 5 nitrogen and oxygen atoms in total. The van der Waals surface area contributed by atoms with Gasteiger partial charge in [-0.25, -0.2) is 0 Å². The van der Waals surface area contributed by atoms with Crippen LogP contribution in [0.1, 0.15) is 27.7 Å². The molecule has 1 aromatic rings. The highest BCUT2D eigenvalue weighted by Gasteiger charge is 2.35. The van der Waals surface area contributed by atoms with Crippen molar-refractivity contribution in [2.45, 2.75) is 33.7 Å². The SMILES string of the molecule is CCN(CC)C(=O)CN1C(=O)C(C(C)C)Nc2ccccc21. The van der Waals surface area contributed by atoms with Gasteiger partial charge < -0.3 is 10.2 Å². The molecule has 0 bridgehead atoms. The van der Waals surface area contributed by atoms with E-state index in [2.05, 4.69) is 5.32 Å². The minimum atomic E-state index is -0.292. The summed E-state index contributed by atoms with van der Waals surface area (Å²) in [7, 11) is 0. The minimum Gasteiger partial charge on any atom is -0.372 e. The van der Waals surface area contributed by atoms with Gasteiger partial charge in [0.15, 0.2) is 0 Å². The maximum absolute atomic E-state index is 12.8. The van der Waals surface area contributed by atoms with Crippen molar-refractivity contribution in [3.63, 3.8) is 0 Å². The highest BCUT2D eigenvalue weighted by Crippen LogP contribution is 2.32. The van der Waals surface area contributed by atoms with Gasteiger partial charge in [0.05, 0.1) is 11.4 Å². The van der Waals surface area contributed by atoms with E-state index < -0.39 is 0 Å². The maximum Gasteiger partial charge on any atom is 0.250 e. The average Bonchev–Trinajstić information content (AvgIpc) is 2.50. The third kappa shape index (κ3) is 3.08. The topological polar surface area (TPSA) is 52.7 Å². The van der Waals surface area contributed by atoms with Gasteiger partial charge >= 0.3 is 0 Å². The first-order chi connectivity index (χ1) is 10.5. The Bertz CT molecular complexity index is 553. The highest BCUT2D eigenvalue weighted by molar-refractivity contribution is 6.07. The molecule has 22 heavy (non-hydrogen) atoms. The quantitative estimate of drug-likeness (QED) is 0.908. The van der Waals surface area contributed by atoms with Crippen LogP contribution in [0.5, 0.6) is 0 Å². The van der Waals surface area contributed by atoms with E-state index in [9.17, 15) is 9.59 Å². The summed E-state index contributed by atoms with van der Waals surface area (Å²) in [5.74, 6) is 0.110. The van der Waals surface area contributed by atoms with Crippen molar-refractivity contribution in [2.75, 3.05) is 29.9 Å². The van der Waals surface area contributed by atoms with Gasteiger partial charge in [0.25, 0.3) is 0 Å². The predicted octanol–water partition coefficient (Wildman–Crippen LogP) is 2.34. The molecule has 0 saturated carbocycles. The van der Waals surface area contributed by atoms with E-state index >= 15 is 0 Å². The second-order valence-electron chi connectivity index (χ2n) is 5.87. The summed E-state index contributed by atoms with van der Waals surface area (Å²) in [6.07, 6.45) is 0. The van der Waals surface area contributed by atoms with Crippen molar-refractivity contribution in [2.24, 2.45) is 5.92 Å². The second kappa shape index (κ2) is 6.81. The van der Waals surface area contributed by atoms with E-state index in [1.807, 2.05) is 52.0 Å². The van der Waals surface area contributed by atoms with E-state index in [0.717, 1.165) is 11.4 Å². The molecule has 2 amide bonds. The molecule has 0 fully saturated rings. The number of carbonyl (C=O) groups excluding carboxylic acids is 2. The largest absolute Gasteiger partial charge is 0.372 e. The van der Waals surface area contributed by atoms with Crippen molar-refractivity contribution in [1.82, 2.24) is 4.90 Å². The number of nitrogens with zero attached hydrogens (tertiary/aromatic N) is 2. The number of anilines is 2. The molecular formula is C17H25N3O2. The fraction of sp³-hybridized carbons (Fsp3) is 0.529. The van der Waals surface area contributed by atoms with Crippen LogP contribution in [0, 0.1) is 5.92 Å². The summed E-state index contributed by atoms with van der Waals surface area (Å²) >= 11 is 0. The Kier molecular flexibility index (Phi) is 5.06. The van der Waals surface area contributed by atoms with E-state index in [1.165, 1.54) is 0 Å². The van der Waals surface area contributed by atoms with Gasteiger partial charge in [-0.15, -0.1) is 0 Å². The number of fused-ring (bicyclic) bond motifs is 1. The molecule has 1 N–H and O–H groups in total. The first-order valence-electron chi connectivity index (χ1n) is 7.94. The van der Waals surface area contributed by atoms with E-state index in [4.69, 9.17) is 0 Å². The lowest BCUT2D eigenvalue weighted by Crippen LogP contribution is -2.53. The Morgan fingerprint density at radius 1 is 1.27 bits per heavy atom. The van der Waals surface area contributed by atoms with Gasteiger partial charge in [-0.1, -0.05) is 26.0 Å². The Morgan fingerprint density at radius 2 is 1.91 bits per heavy atom. The molecule has 2 rings (SSSR count). The summed E-state index contributed by atoms with van der Waals surface area (Å²) in [6.45, 7) is 9.33. The molecule has 0 spiro atoms. The van der Waals surface area contributed by atoms with Crippen LogP contribution >= 0.6 is 0 Å². The molecule has 1 heterocycles. The maximum atomic E-state index is 12.8. The number of amides is 2. The Balaban J connectivity index is 2.31. The van der Waals surface area contributed by atoms with Crippen LogP contribution in [-0.4, -0.2) is 42.4 Å². The lowest BCUT2D eigenvalue weighted by Gasteiger charge is -2.37. The minimum absolute atomic E-state index is 0.0161. The number of nitrogens with one attached hydrogen (secondary N) is 1. The number of para-hydroxylation sites is 2. The monoisotopic (exact) mass is 303 g/mol. The standard InChI is InChI=1S/C17H25N3O2/c1-5-19(6-2)15(21)11-20-14-10-8-7-9-13(14)18-16(12(3)4)17(20)22/h7-10,12,16,18H,5-6,11H2,1-4H3. The van der Waals surface area contributed by atoms with E-state index in [1.54, 1.807) is 9.80 Å². The van der Waals surface area contributed by atoms with E-state index in [0.29, 0.717) is 13.1 Å². The molecule has 120 valence electrons. The molecule has 0 saturated heterocycles. The van der Waals surface area contributed by atoms with Crippen molar-refractivity contribution < 1.29 is 9.59 Å². The number of likely N-dealkylation sites (N-methyl/N-ethyl adjacent to an activating group) is 1. The Labute approximate surface area is 132 Å². The smallest absolute Gasteiger partial charge is 0.250 e. The van der Waals surface area contributed by atoms with Crippen LogP contribution in [0.3, 0.4) is 0 Å². The normalized spacial score (nSPS) is 17.2. The molecule has 1 atom stereocenters. The van der Waals surface area contributed by atoms with Crippen LogP contribution in [-0.2, 0) is 9.59 Å². The third-order valence-corrected chi connectivity index (χ3v) is 4.11. The summed E-state index contributed by atoms with van der Waals surface area (Å²) in [4.78, 5) is 28.5. The number of carbonyl (C=O) groups is 2. The summed E-state index contributed by atoms with van der Waals surface area (Å²) < 4.78 is 0. The predicted molar refractivity (Wildman–Crippen MR) is 89.0 cm³/mol. The van der Waals surface area contributed by atoms with Gasteiger partial charge in [0.2, 0.25) is 11.8 Å². The highest BCUT2D eigenvalue weighted by atomic mass is 16.2. The Hall–Kier alpha value is -2.04. The summed E-state index contributed by atoms with van der Waals surface area (Å²) in [5.41, 5.74) is 1.69. The summed E-state index contributed by atoms with van der Waals surface area (Å²) in [6, 6.07) is 7.36. The number of rotatable bonds is 5. The zero-order chi connectivity index (χ0) is 16.3. The molecule has 1 aromatic carbocycles. The van der Waals surface area contributed by atoms with Crippen molar-refractivity contribution in [3.8, 4) is 0 Å². The lowest BCUT2D eigenvalue weighted by molar-refractivity contribution is -0.131. The van der Waals surface area contributed by atoms with Gasteiger partial charge in [-0.05, 0) is 31.9 Å². The molecular weight excluding hydrogens is 278 g/mol. The van der Waals surface area contributed by atoms with Crippen LogP contribution in [0.4, 0.5) is 11.4 Å². The zero-order valence-corrected chi connectivity index (χ0v) is 13.8. The fourth-order valence-corrected chi connectivity index (χ4v) is 2.77. The molecule has 1 unspecified atom stereocenters. The second-order valence-corrected chi connectivity index (χ2v) is 5.87. The summed E-state index contributed by atoms with van der Waals surface area (Å²) in [5, 5.41) is 3.29. The lowest BCUT2D eigenvalue weighted by atomic mass is 9.99. The number of hydrogen-bond acceptors (Lipinski definition) is 3. The van der Waals surface area contributed by atoms with Crippen molar-refractivity contribution in [1.29, 1.82) is 0 Å². The van der Waals surface area contributed by atoms with Crippen LogP contribution < -0.4 is 10.2 Å². The molecule has 0 radical (unpaired) electrons. The first kappa shape index (κ1) is 16.3. The third-order valence-electron chi connectivity index (χ3n) is 4.11. The Morgan fingerprint density at radius 3 is 2.50 bits per heavy atom. The first-order valence-corrected chi connectivity index (χ1v) is 7.94. The van der Waals surface area contributed by atoms with Crippen molar-refractivity contribution >= 4 is 23.2 Å². The van der Waals surface area contributed by atoms with Gasteiger partial charge in [0.1, 0.15) is 12.6 Å². The van der Waals surface area contributed by atoms with Crippen LogP contribution in [0.25, 0.3) is 0 Å². The molecule has 1 aliphatic heterocycles. The van der Waals surface area contributed by atoms with E-state index in [-0.39, 0.29) is 30.3 Å². The molecule has 5 heteroatoms. The van der Waals surface area contributed by atoms with Crippen LogP contribution in [0.2, 0.25) is 0 Å². The zero-order valence-electron chi connectivity index (χ0n) is 13.8. The molecule has 0 aliphatic carbocycles. The van der Waals surface area contributed by atoms with Gasteiger partial charge in [0, 0.05) is 13.1 Å².